The lowest BCUT2D eigenvalue weighted by molar-refractivity contribution is -0.432. The van der Waals surface area contributed by atoms with Crippen LogP contribution >= 0.6 is 23.8 Å². The average Bonchev–Trinajstić information content (AvgIpc) is 3.12. The Bertz CT molecular complexity index is 2540. The molecule has 0 aliphatic heterocycles. The number of azo groups is 2. The van der Waals surface area contributed by atoms with E-state index in [9.17, 15) is 34.9 Å². The molecule has 27 heteroatoms. The zero-order valence-electron chi connectivity index (χ0n) is 28.7. The number of phenolic OH excluding ortho intramolecular Hbond substituents is 1. The number of benzene rings is 4. The van der Waals surface area contributed by atoms with Crippen LogP contribution in [0.4, 0.5) is 28.4 Å². The van der Waals surface area contributed by atoms with Crippen molar-refractivity contribution >= 4 is 93.4 Å². The van der Waals surface area contributed by atoms with Gasteiger partial charge in [-0.3, -0.25) is 14.0 Å². The van der Waals surface area contributed by atoms with E-state index in [0.717, 1.165) is 17.8 Å². The minimum absolute atomic E-state index is 0. The Morgan fingerprint density at radius 2 is 1.61 bits per heavy atom. The molecule has 22 nitrogen and oxygen atoms in total. The highest BCUT2D eigenvalue weighted by molar-refractivity contribution is 8.04. The second-order valence-corrected chi connectivity index (χ2v) is 16.6. The molecule has 0 amide bonds. The molecular formula is C29H30N6O16S5. The normalized spacial score (nSPS) is 12.1. The molecule has 0 unspecified atom stereocenters. The summed E-state index contributed by atoms with van der Waals surface area (Å²) in [7, 11) is -10.6. The second kappa shape index (κ2) is 19.5. The number of aromatic hydroxyl groups is 1. The van der Waals surface area contributed by atoms with Crippen molar-refractivity contribution in [3.63, 3.8) is 0 Å². The van der Waals surface area contributed by atoms with Crippen LogP contribution < -0.4 is 15.8 Å². The van der Waals surface area contributed by atoms with Crippen molar-refractivity contribution in [2.75, 3.05) is 32.2 Å². The van der Waals surface area contributed by atoms with Crippen molar-refractivity contribution in [1.82, 2.24) is 5.32 Å². The van der Waals surface area contributed by atoms with Crippen LogP contribution in [0.3, 0.4) is 0 Å². The lowest BCUT2D eigenvalue weighted by Crippen LogP contribution is -2.19. The fourth-order valence-electron chi connectivity index (χ4n) is 4.47. The van der Waals surface area contributed by atoms with E-state index >= 15 is 0 Å². The Balaban J connectivity index is 0.00000841. The summed E-state index contributed by atoms with van der Waals surface area (Å²) >= 11 is 1.20. The van der Waals surface area contributed by atoms with Gasteiger partial charge in [0, 0.05) is 16.7 Å². The number of aryl methyl sites for hydroxylation is 1. The summed E-state index contributed by atoms with van der Waals surface area (Å²) in [6.07, 6.45) is 1.92. The largest absolute Gasteiger partial charge is 0.505 e. The molecule has 56 heavy (non-hydrogen) atoms. The van der Waals surface area contributed by atoms with Crippen molar-refractivity contribution in [3.05, 3.63) is 54.1 Å². The number of ether oxygens (including phenoxy) is 1. The molecule has 9 N–H and O–H groups in total. The van der Waals surface area contributed by atoms with Gasteiger partial charge < -0.3 is 26.4 Å². The highest BCUT2D eigenvalue weighted by atomic mass is 32.3. The number of hydrogen-bond donors (Lipinski definition) is 6. The molecule has 4 aromatic carbocycles. The standard InChI is InChI=1S/C29H28N6O15S5.H2O/c1-16-12-20(21(46-3)15-22(16)51-10-9-47-50-55(43,44)45)33-34-27-23(52-49-48-37)13-17-14-24(54(40,41)42)28(26(30)25(17)29(27)36)35-32-18-4-6-19(7-5-18)53(38,39)11-8-31-2;/h4-7,12-15,31,36-37H,8,11,30H2,1-3H3,(H,40,41,42)(H,43,44,45);1H2. The van der Waals surface area contributed by atoms with Gasteiger partial charge in [0.1, 0.15) is 27.7 Å². The maximum absolute atomic E-state index is 12.5. The van der Waals surface area contributed by atoms with E-state index in [0.29, 0.717) is 22.5 Å². The number of anilines is 1. The molecule has 0 spiro atoms. The molecule has 0 bridgehead atoms. The highest BCUT2D eigenvalue weighted by Crippen LogP contribution is 2.50. The van der Waals surface area contributed by atoms with Gasteiger partial charge in [-0.15, -0.1) is 19.7 Å². The summed E-state index contributed by atoms with van der Waals surface area (Å²) < 4.78 is 103. The van der Waals surface area contributed by atoms with E-state index < -0.39 is 52.4 Å². The number of thioether (sulfide) groups is 1. The van der Waals surface area contributed by atoms with E-state index in [-0.39, 0.29) is 61.1 Å². The first kappa shape index (κ1) is 45.7. The summed E-state index contributed by atoms with van der Waals surface area (Å²) in [6, 6.07) is 10.4. The quantitative estimate of drug-likeness (QED) is 0.0128. The van der Waals surface area contributed by atoms with E-state index in [1.165, 1.54) is 49.6 Å². The third-order valence-corrected chi connectivity index (χ3v) is 11.2. The molecule has 0 atom stereocenters. The smallest absolute Gasteiger partial charge is 0.433 e. The van der Waals surface area contributed by atoms with Crippen LogP contribution in [-0.2, 0) is 48.9 Å². The topological polar surface area (TPSA) is 348 Å². The summed E-state index contributed by atoms with van der Waals surface area (Å²) in [5.41, 5.74) is 5.71. The Kier molecular flexibility index (Phi) is 15.9. The average molecular weight is 879 g/mol. The van der Waals surface area contributed by atoms with Gasteiger partial charge in [0.25, 0.3) is 10.1 Å². The Morgan fingerprint density at radius 1 is 0.929 bits per heavy atom. The van der Waals surface area contributed by atoms with Crippen LogP contribution in [0.5, 0.6) is 11.5 Å². The molecule has 0 aliphatic rings. The van der Waals surface area contributed by atoms with Crippen molar-refractivity contribution < 1.29 is 73.5 Å². The Morgan fingerprint density at radius 3 is 2.21 bits per heavy atom. The van der Waals surface area contributed by atoms with Crippen LogP contribution in [0.1, 0.15) is 5.56 Å². The maximum Gasteiger partial charge on any atom is 0.433 e. The zero-order chi connectivity index (χ0) is 40.6. The second-order valence-electron chi connectivity index (χ2n) is 10.5. The number of rotatable bonds is 16. The fraction of sp³-hybridized carbons (Fsp3) is 0.172. The predicted octanol–water partition coefficient (Wildman–Crippen LogP) is 4.88. The molecule has 0 fully saturated rings. The number of nitrogens with two attached hydrogens (primary N) is 1. The van der Waals surface area contributed by atoms with Crippen LogP contribution in [-0.4, -0.2) is 76.7 Å². The molecule has 0 aromatic heterocycles. The van der Waals surface area contributed by atoms with Crippen LogP contribution in [0, 0.1) is 18.3 Å². The summed E-state index contributed by atoms with van der Waals surface area (Å²) in [4.78, 5) is 3.67. The van der Waals surface area contributed by atoms with Gasteiger partial charge in [-0.2, -0.15) is 21.9 Å². The van der Waals surface area contributed by atoms with E-state index in [1.807, 2.05) is 6.11 Å². The van der Waals surface area contributed by atoms with E-state index in [2.05, 4.69) is 49.6 Å². The van der Waals surface area contributed by atoms with Crippen molar-refractivity contribution in [3.8, 4) is 22.9 Å². The molecule has 4 rings (SSSR count). The monoisotopic (exact) mass is 878 g/mol. The van der Waals surface area contributed by atoms with Crippen LogP contribution in [0.2, 0.25) is 0 Å². The van der Waals surface area contributed by atoms with Crippen molar-refractivity contribution in [2.24, 2.45) is 20.5 Å². The molecule has 0 saturated carbocycles. The van der Waals surface area contributed by atoms with Gasteiger partial charge in [-0.1, -0.05) is 5.04 Å². The minimum Gasteiger partial charge on any atom is -0.505 e. The number of phenols is 1. The van der Waals surface area contributed by atoms with Gasteiger partial charge >= 0.3 is 10.4 Å². The summed E-state index contributed by atoms with van der Waals surface area (Å²) in [5, 5.41) is 45.0. The first-order valence-electron chi connectivity index (χ1n) is 14.6. The maximum atomic E-state index is 12.5. The molecule has 0 saturated heterocycles. The zero-order valence-corrected chi connectivity index (χ0v) is 32.8. The molecule has 0 heterocycles. The first-order valence-corrected chi connectivity index (χ1v) is 20.6. The molecule has 4 aromatic rings. The van der Waals surface area contributed by atoms with Gasteiger partial charge in [-0.05, 0) is 89.5 Å². The number of nitrogens with zero attached hydrogens (tertiary/aromatic N) is 4. The number of sulfone groups is 1. The van der Waals surface area contributed by atoms with Gasteiger partial charge in [0.2, 0.25) is 0 Å². The number of fused-ring (bicyclic) bond motifs is 1. The number of nitrogen functional groups attached to an aromatic ring is 1. The van der Waals surface area contributed by atoms with Gasteiger partial charge in [-0.25, -0.2) is 13.7 Å². The first-order chi connectivity index (χ1) is 25.9. The lowest BCUT2D eigenvalue weighted by atomic mass is 10.1. The molecule has 0 aliphatic carbocycles. The fourth-order valence-corrected chi connectivity index (χ4v) is 7.58. The highest BCUT2D eigenvalue weighted by Gasteiger charge is 2.26. The summed E-state index contributed by atoms with van der Waals surface area (Å²) in [5.74, 6) is -0.711. The van der Waals surface area contributed by atoms with Crippen molar-refractivity contribution in [1.29, 1.82) is 0 Å². The Hall–Kier alpha value is -4.67. The third-order valence-electron chi connectivity index (χ3n) is 6.93. The van der Waals surface area contributed by atoms with Crippen LogP contribution in [0.25, 0.3) is 10.8 Å². The lowest BCUT2D eigenvalue weighted by Gasteiger charge is -2.14. The van der Waals surface area contributed by atoms with Crippen molar-refractivity contribution in [2.45, 2.75) is 26.5 Å². The predicted molar refractivity (Wildman–Crippen MR) is 200 cm³/mol. The Labute approximate surface area is 327 Å². The minimum atomic E-state index is -5.03. The molecule has 302 valence electrons. The van der Waals surface area contributed by atoms with Crippen LogP contribution in [0.15, 0.2) is 88.6 Å². The third kappa shape index (κ3) is 11.7. The van der Waals surface area contributed by atoms with E-state index in [4.69, 9.17) is 20.3 Å². The number of methoxy groups -OCH3 is 1. The SMILES string of the molecule is CNCCS(=O)(=O)c1ccc(N=Nc2c(S(=O)(=O)O)cc3cc(SOOO)c(N=Nc4cc(C)c(SC#COOS(=O)(=O)O)cc4OC)c(O)c3c2N)cc1.O. The van der Waals surface area contributed by atoms with E-state index in [1.54, 1.807) is 14.0 Å². The number of nitrogens with one attached hydrogen (secondary N) is 1. The molecular weight excluding hydrogens is 849 g/mol. The summed E-state index contributed by atoms with van der Waals surface area (Å²) in [6.45, 7) is 1.88. The van der Waals surface area contributed by atoms with Gasteiger partial charge in [0.05, 0.1) is 51.5 Å². The number of hydrogen-bond acceptors (Lipinski definition) is 21. The molecule has 0 radical (unpaired) electrons. The van der Waals surface area contributed by atoms with Gasteiger partial charge in [0.15, 0.2) is 21.7 Å².